The van der Waals surface area contributed by atoms with Crippen LogP contribution in [0.25, 0.3) is 11.2 Å². The lowest BCUT2D eigenvalue weighted by molar-refractivity contribution is -0.134. The quantitative estimate of drug-likeness (QED) is 0.500. The molecule has 3 aromatic rings. The zero-order valence-electron chi connectivity index (χ0n) is 19.0. The molecule has 2 N–H and O–H groups in total. The monoisotopic (exact) mass is 471 g/mol. The van der Waals surface area contributed by atoms with Gasteiger partial charge in [0.1, 0.15) is 18.4 Å². The average Bonchev–Trinajstić information content (AvgIpc) is 3.32. The van der Waals surface area contributed by atoms with Crippen LogP contribution in [0.2, 0.25) is 0 Å². The summed E-state index contributed by atoms with van der Waals surface area (Å²) in [5, 5.41) is 13.1. The van der Waals surface area contributed by atoms with Gasteiger partial charge < -0.3 is 19.9 Å². The Morgan fingerprint density at radius 1 is 1.03 bits per heavy atom. The number of aromatic nitrogens is 4. The molecule has 34 heavy (non-hydrogen) atoms. The van der Waals surface area contributed by atoms with Gasteiger partial charge in [0.05, 0.1) is 32.3 Å². The van der Waals surface area contributed by atoms with E-state index >= 15 is 0 Å². The third kappa shape index (κ3) is 5.34. The molecular formula is C23H30FN7O3. The van der Waals surface area contributed by atoms with Crippen molar-refractivity contribution in [1.29, 1.82) is 0 Å². The van der Waals surface area contributed by atoms with Gasteiger partial charge in [0.2, 0.25) is 0 Å². The summed E-state index contributed by atoms with van der Waals surface area (Å²) in [5.74, 6) is 0.339. The number of imidazole rings is 1. The van der Waals surface area contributed by atoms with Gasteiger partial charge >= 0.3 is 0 Å². The lowest BCUT2D eigenvalue weighted by atomic mass is 10.2. The minimum atomic E-state index is -0.319. The predicted octanol–water partition coefficient (Wildman–Crippen LogP) is 1.10. The summed E-state index contributed by atoms with van der Waals surface area (Å²) in [7, 11) is 0. The molecular weight excluding hydrogens is 441 g/mol. The number of aliphatic hydroxyl groups excluding tert-OH is 1. The number of hydrogen-bond acceptors (Lipinski definition) is 9. The maximum absolute atomic E-state index is 13.2. The number of anilines is 1. The van der Waals surface area contributed by atoms with Crippen LogP contribution in [-0.2, 0) is 16.0 Å². The molecule has 2 fully saturated rings. The Morgan fingerprint density at radius 3 is 2.62 bits per heavy atom. The molecule has 0 radical (unpaired) electrons. The number of benzene rings is 1. The Morgan fingerprint density at radius 2 is 1.82 bits per heavy atom. The molecule has 0 spiro atoms. The van der Waals surface area contributed by atoms with E-state index in [9.17, 15) is 9.50 Å². The highest BCUT2D eigenvalue weighted by Crippen LogP contribution is 2.26. The van der Waals surface area contributed by atoms with E-state index in [1.807, 2.05) is 4.57 Å². The number of fused-ring (bicyclic) bond motifs is 1. The standard InChI is InChI=1S/C23H30FN7O3/c24-18-3-1-17(2-4-18)11-25-22-21-23(27-15-26-22)31(16-28-21)20-13-30(12-19(14-32)34-20)6-5-29-7-9-33-10-8-29/h1-4,15-16,19-20,32H,5-14H2,(H,25,26,27)/t19-,20+/m0/s1. The lowest BCUT2D eigenvalue weighted by Gasteiger charge is -2.39. The SMILES string of the molecule is OC[C@@H]1CN(CCN2CCOCC2)C[C@H](n2cnc3c(NCc4ccc(F)cc4)ncnc32)O1. The van der Waals surface area contributed by atoms with Gasteiger partial charge in [-0.15, -0.1) is 0 Å². The van der Waals surface area contributed by atoms with Crippen molar-refractivity contribution in [2.45, 2.75) is 18.9 Å². The zero-order chi connectivity index (χ0) is 23.3. The minimum absolute atomic E-state index is 0.0450. The van der Waals surface area contributed by atoms with E-state index in [4.69, 9.17) is 9.47 Å². The number of nitrogens with one attached hydrogen (secondary N) is 1. The highest BCUT2D eigenvalue weighted by Gasteiger charge is 2.30. The molecule has 0 unspecified atom stereocenters. The molecule has 0 aliphatic carbocycles. The molecule has 4 heterocycles. The first-order valence-corrected chi connectivity index (χ1v) is 11.6. The molecule has 2 aliphatic rings. The van der Waals surface area contributed by atoms with Crippen LogP contribution in [0.15, 0.2) is 36.9 Å². The Bertz CT molecular complexity index is 1070. The normalized spacial score (nSPS) is 22.3. The molecule has 2 aromatic heterocycles. The van der Waals surface area contributed by atoms with Crippen LogP contribution in [0.3, 0.4) is 0 Å². The number of aliphatic hydroxyl groups is 1. The van der Waals surface area contributed by atoms with E-state index in [-0.39, 0.29) is 24.8 Å². The van der Waals surface area contributed by atoms with Crippen molar-refractivity contribution in [3.8, 4) is 0 Å². The smallest absolute Gasteiger partial charge is 0.167 e. The molecule has 2 saturated heterocycles. The van der Waals surface area contributed by atoms with Crippen LogP contribution in [0.4, 0.5) is 10.2 Å². The van der Waals surface area contributed by atoms with E-state index in [1.165, 1.54) is 18.5 Å². The van der Waals surface area contributed by atoms with Crippen molar-refractivity contribution < 1.29 is 19.0 Å². The van der Waals surface area contributed by atoms with Crippen molar-refractivity contribution >= 4 is 17.0 Å². The van der Waals surface area contributed by atoms with Crippen molar-refractivity contribution in [3.63, 3.8) is 0 Å². The molecule has 5 rings (SSSR count). The first kappa shape index (κ1) is 23.1. The number of rotatable bonds is 8. The fourth-order valence-corrected chi connectivity index (χ4v) is 4.42. The Hall–Kier alpha value is -2.70. The van der Waals surface area contributed by atoms with Crippen LogP contribution in [0, 0.1) is 5.82 Å². The number of morpholine rings is 2. The van der Waals surface area contributed by atoms with Gasteiger partial charge in [0, 0.05) is 45.8 Å². The fourth-order valence-electron chi connectivity index (χ4n) is 4.42. The van der Waals surface area contributed by atoms with Crippen molar-refractivity contribution in [3.05, 3.63) is 48.3 Å². The van der Waals surface area contributed by atoms with Gasteiger partial charge in [0.25, 0.3) is 0 Å². The average molecular weight is 472 g/mol. The van der Waals surface area contributed by atoms with Crippen LogP contribution >= 0.6 is 0 Å². The zero-order valence-corrected chi connectivity index (χ0v) is 19.0. The maximum Gasteiger partial charge on any atom is 0.167 e. The highest BCUT2D eigenvalue weighted by atomic mass is 19.1. The second-order valence-electron chi connectivity index (χ2n) is 8.64. The van der Waals surface area contributed by atoms with Crippen molar-refractivity contribution in [2.75, 3.05) is 64.4 Å². The van der Waals surface area contributed by atoms with Gasteiger partial charge in [0.15, 0.2) is 17.0 Å². The van der Waals surface area contributed by atoms with E-state index in [0.717, 1.165) is 45.0 Å². The van der Waals surface area contributed by atoms with Crippen molar-refractivity contribution in [2.24, 2.45) is 0 Å². The summed E-state index contributed by atoms with van der Waals surface area (Å²) >= 11 is 0. The molecule has 10 nitrogen and oxygen atoms in total. The summed E-state index contributed by atoms with van der Waals surface area (Å²) in [5.41, 5.74) is 2.23. The predicted molar refractivity (Wildman–Crippen MR) is 124 cm³/mol. The van der Waals surface area contributed by atoms with Crippen LogP contribution in [0.5, 0.6) is 0 Å². The van der Waals surface area contributed by atoms with Crippen LogP contribution < -0.4 is 5.32 Å². The fraction of sp³-hybridized carbons (Fsp3) is 0.522. The minimum Gasteiger partial charge on any atom is -0.394 e. The molecule has 1 aromatic carbocycles. The highest BCUT2D eigenvalue weighted by molar-refractivity contribution is 5.82. The Kier molecular flexibility index (Phi) is 7.26. The number of ether oxygens (including phenoxy) is 2. The van der Waals surface area contributed by atoms with Gasteiger partial charge in [-0.25, -0.2) is 19.3 Å². The molecule has 0 saturated carbocycles. The largest absolute Gasteiger partial charge is 0.394 e. The number of nitrogens with zero attached hydrogens (tertiary/aromatic N) is 6. The molecule has 0 bridgehead atoms. The third-order valence-electron chi connectivity index (χ3n) is 6.31. The van der Waals surface area contributed by atoms with E-state index in [2.05, 4.69) is 30.1 Å². The second kappa shape index (κ2) is 10.7. The molecule has 0 amide bonds. The molecule has 182 valence electrons. The van der Waals surface area contributed by atoms with E-state index in [0.29, 0.717) is 36.6 Å². The summed E-state index contributed by atoms with van der Waals surface area (Å²) in [6.45, 7) is 7.12. The first-order valence-electron chi connectivity index (χ1n) is 11.6. The van der Waals surface area contributed by atoms with Crippen LogP contribution in [0.1, 0.15) is 11.8 Å². The maximum atomic E-state index is 13.2. The molecule has 11 heteroatoms. The van der Waals surface area contributed by atoms with Gasteiger partial charge in [-0.2, -0.15) is 0 Å². The summed E-state index contributed by atoms with van der Waals surface area (Å²) in [4.78, 5) is 18.1. The molecule has 2 aliphatic heterocycles. The number of hydrogen-bond donors (Lipinski definition) is 2. The van der Waals surface area contributed by atoms with E-state index in [1.54, 1.807) is 18.5 Å². The second-order valence-corrected chi connectivity index (χ2v) is 8.64. The van der Waals surface area contributed by atoms with Gasteiger partial charge in [-0.3, -0.25) is 14.4 Å². The van der Waals surface area contributed by atoms with Gasteiger partial charge in [-0.1, -0.05) is 12.1 Å². The summed E-state index contributed by atoms with van der Waals surface area (Å²) in [6.07, 6.45) is 2.61. The third-order valence-corrected chi connectivity index (χ3v) is 6.31. The van der Waals surface area contributed by atoms with E-state index < -0.39 is 0 Å². The lowest BCUT2D eigenvalue weighted by Crippen LogP contribution is -2.50. The number of halogens is 1. The van der Waals surface area contributed by atoms with Gasteiger partial charge in [-0.05, 0) is 17.7 Å². The molecule has 2 atom stereocenters. The van der Waals surface area contributed by atoms with Crippen LogP contribution in [-0.4, -0.2) is 99.6 Å². The summed E-state index contributed by atoms with van der Waals surface area (Å²) in [6, 6.07) is 6.33. The Labute approximate surface area is 197 Å². The Balaban J connectivity index is 1.29. The topological polar surface area (TPSA) is 101 Å². The first-order chi connectivity index (χ1) is 16.7. The van der Waals surface area contributed by atoms with Crippen molar-refractivity contribution in [1.82, 2.24) is 29.3 Å². The summed E-state index contributed by atoms with van der Waals surface area (Å²) < 4.78 is 26.7.